The quantitative estimate of drug-likeness (QED) is 0.659. The zero-order chi connectivity index (χ0) is 6.81. The lowest BCUT2D eigenvalue weighted by atomic mass is 9.96. The Labute approximate surface area is 60.2 Å². The molecule has 1 aromatic rings. The minimum absolute atomic E-state index is 0.845. The maximum absolute atomic E-state index is 4.96. The van der Waals surface area contributed by atoms with Crippen molar-refractivity contribution in [3.05, 3.63) is 24.2 Å². The van der Waals surface area contributed by atoms with Gasteiger partial charge in [0.25, 0.3) is 0 Å². The highest BCUT2D eigenvalue weighted by Crippen LogP contribution is 2.12. The van der Waals surface area contributed by atoms with E-state index < -0.39 is 0 Å². The normalized spacial score (nSPS) is 18.8. The highest BCUT2D eigenvalue weighted by molar-refractivity contribution is 5.07. The molecule has 1 fully saturated rings. The molecular weight excluding hydrogens is 126 g/mol. The number of nitrogens with one attached hydrogen (secondary N) is 1. The lowest BCUT2D eigenvalue weighted by Gasteiger charge is -2.26. The van der Waals surface area contributed by atoms with E-state index in [9.17, 15) is 0 Å². The van der Waals surface area contributed by atoms with Crippen LogP contribution in [-0.4, -0.2) is 13.1 Å². The maximum Gasteiger partial charge on any atom is 0.0934 e. The molecule has 0 aliphatic carbocycles. The second-order valence-corrected chi connectivity index (χ2v) is 2.86. The van der Waals surface area contributed by atoms with Crippen molar-refractivity contribution in [2.75, 3.05) is 13.1 Å². The largest absolute Gasteiger partial charge is 0.472 e. The predicted molar refractivity (Wildman–Crippen MR) is 38.8 cm³/mol. The molecule has 1 aromatic heterocycles. The molecule has 0 bridgehead atoms. The molecule has 0 atom stereocenters. The monoisotopic (exact) mass is 137 g/mol. The van der Waals surface area contributed by atoms with E-state index in [0.29, 0.717) is 0 Å². The van der Waals surface area contributed by atoms with Gasteiger partial charge in [-0.1, -0.05) is 0 Å². The molecule has 2 heteroatoms. The van der Waals surface area contributed by atoms with Crippen LogP contribution < -0.4 is 5.32 Å². The second-order valence-electron chi connectivity index (χ2n) is 2.86. The molecule has 0 amide bonds. The van der Waals surface area contributed by atoms with Crippen molar-refractivity contribution in [2.45, 2.75) is 6.42 Å². The van der Waals surface area contributed by atoms with Gasteiger partial charge in [0.15, 0.2) is 0 Å². The van der Waals surface area contributed by atoms with E-state index in [4.69, 9.17) is 4.42 Å². The van der Waals surface area contributed by atoms with Gasteiger partial charge < -0.3 is 9.73 Å². The van der Waals surface area contributed by atoms with Crippen LogP contribution in [0.1, 0.15) is 5.56 Å². The van der Waals surface area contributed by atoms with Gasteiger partial charge in [-0.3, -0.25) is 0 Å². The first-order valence-electron chi connectivity index (χ1n) is 3.67. The predicted octanol–water partition coefficient (Wildman–Crippen LogP) is 1.04. The molecule has 2 nitrogen and oxygen atoms in total. The van der Waals surface area contributed by atoms with Crippen LogP contribution in [0.25, 0.3) is 0 Å². The molecule has 1 N–H and O–H groups in total. The Balaban J connectivity index is 1.90. The van der Waals surface area contributed by atoms with Crippen LogP contribution in [0.15, 0.2) is 23.0 Å². The van der Waals surface area contributed by atoms with Gasteiger partial charge in [-0.15, -0.1) is 0 Å². The molecule has 0 unspecified atom stereocenters. The van der Waals surface area contributed by atoms with Crippen LogP contribution in [0.5, 0.6) is 0 Å². The molecule has 54 valence electrons. The van der Waals surface area contributed by atoms with Crippen molar-refractivity contribution in [3.63, 3.8) is 0 Å². The SMILES string of the molecule is c1cc(CC2CNC2)co1. The Kier molecular flexibility index (Phi) is 1.47. The second kappa shape index (κ2) is 2.46. The van der Waals surface area contributed by atoms with Crippen LogP contribution in [0.3, 0.4) is 0 Å². The summed E-state index contributed by atoms with van der Waals surface area (Å²) in [5.74, 6) is 0.845. The lowest BCUT2D eigenvalue weighted by Crippen LogP contribution is -2.42. The van der Waals surface area contributed by atoms with Gasteiger partial charge >= 0.3 is 0 Å². The van der Waals surface area contributed by atoms with E-state index in [-0.39, 0.29) is 0 Å². The van der Waals surface area contributed by atoms with Crippen molar-refractivity contribution >= 4 is 0 Å². The molecule has 0 aromatic carbocycles. The van der Waals surface area contributed by atoms with E-state index in [1.54, 1.807) is 6.26 Å². The molecule has 0 spiro atoms. The summed E-state index contributed by atoms with van der Waals surface area (Å²) in [5.41, 5.74) is 1.33. The van der Waals surface area contributed by atoms with Crippen molar-refractivity contribution in [1.82, 2.24) is 5.32 Å². The Hall–Kier alpha value is -0.760. The van der Waals surface area contributed by atoms with Gasteiger partial charge in [0.1, 0.15) is 0 Å². The van der Waals surface area contributed by atoms with Crippen molar-refractivity contribution in [2.24, 2.45) is 5.92 Å². The molecule has 0 radical (unpaired) electrons. The minimum atomic E-state index is 0.845. The number of furan rings is 1. The van der Waals surface area contributed by atoms with E-state index in [0.717, 1.165) is 5.92 Å². The minimum Gasteiger partial charge on any atom is -0.472 e. The first-order valence-corrected chi connectivity index (χ1v) is 3.67. The van der Waals surface area contributed by atoms with Crippen LogP contribution in [-0.2, 0) is 6.42 Å². The van der Waals surface area contributed by atoms with Crippen LogP contribution in [0.2, 0.25) is 0 Å². The summed E-state index contributed by atoms with van der Waals surface area (Å²) in [6.45, 7) is 2.34. The zero-order valence-electron chi connectivity index (χ0n) is 5.84. The summed E-state index contributed by atoms with van der Waals surface area (Å²) < 4.78 is 4.96. The Bertz CT molecular complexity index is 189. The molecule has 2 rings (SSSR count). The van der Waals surface area contributed by atoms with Crippen LogP contribution >= 0.6 is 0 Å². The fourth-order valence-electron chi connectivity index (χ4n) is 1.23. The maximum atomic E-state index is 4.96. The molecule has 10 heavy (non-hydrogen) atoms. The third-order valence-corrected chi connectivity index (χ3v) is 1.97. The van der Waals surface area contributed by atoms with Crippen molar-refractivity contribution in [1.29, 1.82) is 0 Å². The molecule has 1 aliphatic rings. The number of rotatable bonds is 2. The summed E-state index contributed by atoms with van der Waals surface area (Å²) in [6, 6.07) is 2.04. The standard InChI is InChI=1S/C8H11NO/c1-2-10-6-7(1)3-8-4-9-5-8/h1-2,6,8-9H,3-5H2. The Morgan fingerprint density at radius 1 is 1.60 bits per heavy atom. The van der Waals surface area contributed by atoms with Gasteiger partial charge in [-0.25, -0.2) is 0 Å². The third kappa shape index (κ3) is 1.07. The average Bonchev–Trinajstić information content (AvgIpc) is 2.29. The zero-order valence-corrected chi connectivity index (χ0v) is 5.84. The highest BCUT2D eigenvalue weighted by Gasteiger charge is 2.16. The topological polar surface area (TPSA) is 25.2 Å². The summed E-state index contributed by atoms with van der Waals surface area (Å²) in [5, 5.41) is 3.24. The van der Waals surface area contributed by atoms with Gasteiger partial charge in [0.05, 0.1) is 12.5 Å². The number of hydrogen-bond donors (Lipinski definition) is 1. The molecular formula is C8H11NO. The summed E-state index contributed by atoms with van der Waals surface area (Å²) >= 11 is 0. The first-order chi connectivity index (χ1) is 4.95. The third-order valence-electron chi connectivity index (χ3n) is 1.97. The Morgan fingerprint density at radius 2 is 2.50 bits per heavy atom. The fourth-order valence-corrected chi connectivity index (χ4v) is 1.23. The smallest absolute Gasteiger partial charge is 0.0934 e. The summed E-state index contributed by atoms with van der Waals surface area (Å²) in [4.78, 5) is 0. The Morgan fingerprint density at radius 3 is 3.00 bits per heavy atom. The fraction of sp³-hybridized carbons (Fsp3) is 0.500. The summed E-state index contributed by atoms with van der Waals surface area (Å²) in [7, 11) is 0. The van der Waals surface area contributed by atoms with Crippen LogP contribution in [0, 0.1) is 5.92 Å². The van der Waals surface area contributed by atoms with Crippen molar-refractivity contribution in [3.8, 4) is 0 Å². The molecule has 1 aliphatic heterocycles. The van der Waals surface area contributed by atoms with Crippen molar-refractivity contribution < 1.29 is 4.42 Å². The molecule has 1 saturated heterocycles. The van der Waals surface area contributed by atoms with E-state index in [2.05, 4.69) is 5.32 Å². The van der Waals surface area contributed by atoms with Gasteiger partial charge in [0.2, 0.25) is 0 Å². The van der Waals surface area contributed by atoms with E-state index in [1.165, 1.54) is 25.1 Å². The first kappa shape index (κ1) is 5.98. The number of hydrogen-bond acceptors (Lipinski definition) is 2. The summed E-state index contributed by atoms with van der Waals surface area (Å²) in [6.07, 6.45) is 4.74. The average molecular weight is 137 g/mol. The molecule has 0 saturated carbocycles. The van der Waals surface area contributed by atoms with Gasteiger partial charge in [-0.2, -0.15) is 0 Å². The van der Waals surface area contributed by atoms with Crippen LogP contribution in [0.4, 0.5) is 0 Å². The molecule has 2 heterocycles. The van der Waals surface area contributed by atoms with Gasteiger partial charge in [-0.05, 0) is 37.1 Å². The van der Waals surface area contributed by atoms with E-state index in [1.807, 2.05) is 12.3 Å². The van der Waals surface area contributed by atoms with Gasteiger partial charge in [0, 0.05) is 0 Å². The van der Waals surface area contributed by atoms with E-state index >= 15 is 0 Å². The highest BCUT2D eigenvalue weighted by atomic mass is 16.3. The lowest BCUT2D eigenvalue weighted by molar-refractivity contribution is 0.345.